The van der Waals surface area contributed by atoms with Crippen LogP contribution in [0, 0.1) is 11.3 Å². The molecule has 17 heavy (non-hydrogen) atoms. The molecule has 0 saturated heterocycles. The first kappa shape index (κ1) is 13.6. The van der Waals surface area contributed by atoms with Gasteiger partial charge in [0.05, 0.1) is 0 Å². The number of benzene rings is 1. The van der Waals surface area contributed by atoms with Crippen LogP contribution in [0.2, 0.25) is 0 Å². The average molecular weight is 361 g/mol. The minimum atomic E-state index is 0.590. The van der Waals surface area contributed by atoms with E-state index in [2.05, 4.69) is 69.2 Å². The fourth-order valence-corrected chi connectivity index (χ4v) is 2.90. The van der Waals surface area contributed by atoms with Crippen molar-refractivity contribution in [2.45, 2.75) is 33.2 Å². The molecule has 1 nitrogen and oxygen atoms in total. The Labute approximate surface area is 121 Å². The number of halogens is 2. The van der Waals surface area contributed by atoms with Gasteiger partial charge in [0.2, 0.25) is 0 Å². The fraction of sp³-hybridized carbons (Fsp3) is 0.571. The average Bonchev–Trinajstić information content (AvgIpc) is 3.04. The molecule has 1 N–H and O–H groups in total. The van der Waals surface area contributed by atoms with Gasteiger partial charge in [0.15, 0.2) is 0 Å². The van der Waals surface area contributed by atoms with Crippen LogP contribution >= 0.6 is 31.9 Å². The number of nitrogens with one attached hydrogen (secondary N) is 1. The Morgan fingerprint density at radius 2 is 1.94 bits per heavy atom. The first-order chi connectivity index (χ1) is 8.03. The van der Waals surface area contributed by atoms with E-state index in [9.17, 15) is 0 Å². The summed E-state index contributed by atoms with van der Waals surface area (Å²) in [6, 6.07) is 6.43. The van der Waals surface area contributed by atoms with E-state index in [1.54, 1.807) is 0 Å². The van der Waals surface area contributed by atoms with Crippen molar-refractivity contribution in [3.8, 4) is 0 Å². The van der Waals surface area contributed by atoms with E-state index < -0.39 is 0 Å². The molecule has 0 aromatic heterocycles. The van der Waals surface area contributed by atoms with Crippen LogP contribution in [-0.2, 0) is 6.54 Å². The van der Waals surface area contributed by atoms with Crippen molar-refractivity contribution >= 4 is 31.9 Å². The summed E-state index contributed by atoms with van der Waals surface area (Å²) < 4.78 is 2.24. The third kappa shape index (κ3) is 3.33. The van der Waals surface area contributed by atoms with Gasteiger partial charge in [0.1, 0.15) is 0 Å². The molecule has 0 heterocycles. The largest absolute Gasteiger partial charge is 0.312 e. The quantitative estimate of drug-likeness (QED) is 0.799. The summed E-state index contributed by atoms with van der Waals surface area (Å²) in [6.07, 6.45) is 2.78. The second-order valence-corrected chi connectivity index (χ2v) is 7.08. The van der Waals surface area contributed by atoms with Gasteiger partial charge in [-0.3, -0.25) is 0 Å². The van der Waals surface area contributed by atoms with Gasteiger partial charge in [-0.2, -0.15) is 0 Å². The van der Waals surface area contributed by atoms with Crippen molar-refractivity contribution in [3.05, 3.63) is 32.7 Å². The molecule has 0 bridgehead atoms. The fourth-order valence-electron chi connectivity index (χ4n) is 2.22. The molecule has 0 spiro atoms. The zero-order valence-electron chi connectivity index (χ0n) is 10.4. The van der Waals surface area contributed by atoms with E-state index in [0.717, 1.165) is 28.0 Å². The van der Waals surface area contributed by atoms with Crippen molar-refractivity contribution in [1.29, 1.82) is 0 Å². The van der Waals surface area contributed by atoms with Crippen molar-refractivity contribution in [1.82, 2.24) is 5.32 Å². The van der Waals surface area contributed by atoms with Crippen LogP contribution in [0.15, 0.2) is 27.1 Å². The second kappa shape index (κ2) is 5.41. The van der Waals surface area contributed by atoms with Crippen LogP contribution in [0.5, 0.6) is 0 Å². The van der Waals surface area contributed by atoms with Gasteiger partial charge >= 0.3 is 0 Å². The van der Waals surface area contributed by atoms with Gasteiger partial charge in [-0.15, -0.1) is 0 Å². The molecular weight excluding hydrogens is 342 g/mol. The predicted molar refractivity (Wildman–Crippen MR) is 80.1 cm³/mol. The third-order valence-electron chi connectivity index (χ3n) is 3.91. The summed E-state index contributed by atoms with van der Waals surface area (Å²) in [5.74, 6) is 0.798. The molecule has 1 fully saturated rings. The van der Waals surface area contributed by atoms with Crippen LogP contribution in [0.1, 0.15) is 32.3 Å². The SMILES string of the molecule is CC(C)C1(CNCc2ccc(Br)c(Br)c2)CC1. The van der Waals surface area contributed by atoms with Crippen LogP contribution in [-0.4, -0.2) is 6.54 Å². The molecule has 0 atom stereocenters. The van der Waals surface area contributed by atoms with Crippen molar-refractivity contribution in [3.63, 3.8) is 0 Å². The minimum Gasteiger partial charge on any atom is -0.312 e. The molecule has 1 aromatic carbocycles. The van der Waals surface area contributed by atoms with Crippen LogP contribution < -0.4 is 5.32 Å². The van der Waals surface area contributed by atoms with Crippen LogP contribution in [0.3, 0.4) is 0 Å². The van der Waals surface area contributed by atoms with E-state index in [1.165, 1.54) is 18.4 Å². The Morgan fingerprint density at radius 1 is 1.24 bits per heavy atom. The monoisotopic (exact) mass is 359 g/mol. The highest BCUT2D eigenvalue weighted by molar-refractivity contribution is 9.13. The lowest BCUT2D eigenvalue weighted by Crippen LogP contribution is -2.27. The topological polar surface area (TPSA) is 12.0 Å². The Kier molecular flexibility index (Phi) is 4.32. The minimum absolute atomic E-state index is 0.590. The van der Waals surface area contributed by atoms with E-state index in [0.29, 0.717) is 5.41 Å². The normalized spacial score (nSPS) is 17.5. The highest BCUT2D eigenvalue weighted by Crippen LogP contribution is 2.51. The van der Waals surface area contributed by atoms with Crippen molar-refractivity contribution in [2.24, 2.45) is 11.3 Å². The molecule has 0 unspecified atom stereocenters. The summed E-state index contributed by atoms with van der Waals surface area (Å²) in [4.78, 5) is 0. The Hall–Kier alpha value is 0.140. The Bertz CT molecular complexity index is 397. The molecule has 1 saturated carbocycles. The van der Waals surface area contributed by atoms with Gasteiger partial charge in [-0.25, -0.2) is 0 Å². The molecule has 3 heteroatoms. The van der Waals surface area contributed by atoms with E-state index in [1.807, 2.05) is 0 Å². The molecular formula is C14H19Br2N. The highest BCUT2D eigenvalue weighted by Gasteiger charge is 2.44. The standard InChI is InChI=1S/C14H19Br2N/c1-10(2)14(5-6-14)9-17-8-11-3-4-12(15)13(16)7-11/h3-4,7,10,17H,5-6,8-9H2,1-2H3. The zero-order valence-corrected chi connectivity index (χ0v) is 13.6. The maximum absolute atomic E-state index is 3.60. The Morgan fingerprint density at radius 3 is 2.47 bits per heavy atom. The van der Waals surface area contributed by atoms with Gasteiger partial charge in [-0.1, -0.05) is 19.9 Å². The molecule has 2 rings (SSSR count). The summed E-state index contributed by atoms with van der Waals surface area (Å²) in [5, 5.41) is 3.60. The number of rotatable bonds is 5. The van der Waals surface area contributed by atoms with Crippen molar-refractivity contribution in [2.75, 3.05) is 6.54 Å². The summed E-state index contributed by atoms with van der Waals surface area (Å²) >= 11 is 7.03. The zero-order chi connectivity index (χ0) is 12.5. The van der Waals surface area contributed by atoms with Crippen molar-refractivity contribution < 1.29 is 0 Å². The summed E-state index contributed by atoms with van der Waals surface area (Å²) in [5.41, 5.74) is 1.92. The molecule has 1 aliphatic carbocycles. The molecule has 1 aliphatic rings. The molecule has 0 amide bonds. The molecule has 0 radical (unpaired) electrons. The number of hydrogen-bond acceptors (Lipinski definition) is 1. The van der Waals surface area contributed by atoms with Gasteiger partial charge < -0.3 is 5.32 Å². The lowest BCUT2D eigenvalue weighted by Gasteiger charge is -2.20. The first-order valence-corrected chi connectivity index (χ1v) is 7.77. The predicted octanol–water partition coefficient (Wildman–Crippen LogP) is 4.74. The summed E-state index contributed by atoms with van der Waals surface area (Å²) in [7, 11) is 0. The van der Waals surface area contributed by atoms with Crippen LogP contribution in [0.4, 0.5) is 0 Å². The van der Waals surface area contributed by atoms with E-state index >= 15 is 0 Å². The lowest BCUT2D eigenvalue weighted by atomic mass is 9.92. The van der Waals surface area contributed by atoms with E-state index in [-0.39, 0.29) is 0 Å². The smallest absolute Gasteiger partial charge is 0.0320 e. The molecule has 94 valence electrons. The number of hydrogen-bond donors (Lipinski definition) is 1. The van der Waals surface area contributed by atoms with Gasteiger partial charge in [0.25, 0.3) is 0 Å². The van der Waals surface area contributed by atoms with Gasteiger partial charge in [0, 0.05) is 22.0 Å². The third-order valence-corrected chi connectivity index (χ3v) is 5.79. The molecule has 0 aliphatic heterocycles. The lowest BCUT2D eigenvalue weighted by molar-refractivity contribution is 0.338. The second-order valence-electron chi connectivity index (χ2n) is 5.37. The molecule has 1 aromatic rings. The maximum atomic E-state index is 3.60. The maximum Gasteiger partial charge on any atom is 0.0320 e. The first-order valence-electron chi connectivity index (χ1n) is 6.18. The van der Waals surface area contributed by atoms with E-state index in [4.69, 9.17) is 0 Å². The Balaban J connectivity index is 1.84. The van der Waals surface area contributed by atoms with Crippen LogP contribution in [0.25, 0.3) is 0 Å². The van der Waals surface area contributed by atoms with Gasteiger partial charge in [-0.05, 0) is 73.7 Å². The summed E-state index contributed by atoms with van der Waals surface area (Å²) in [6.45, 7) is 6.79. The highest BCUT2D eigenvalue weighted by atomic mass is 79.9.